The number of halogens is 1. The van der Waals surface area contributed by atoms with E-state index in [2.05, 4.69) is 29.2 Å². The lowest BCUT2D eigenvalue weighted by molar-refractivity contribution is -0.135. The second-order valence-corrected chi connectivity index (χ2v) is 9.81. The first-order valence-corrected chi connectivity index (χ1v) is 13.0. The van der Waals surface area contributed by atoms with E-state index in [1.165, 1.54) is 52.2 Å². The third-order valence-electron chi connectivity index (χ3n) is 7.20. The molecule has 198 valence electrons. The van der Waals surface area contributed by atoms with Crippen molar-refractivity contribution in [2.45, 2.75) is 19.0 Å². The van der Waals surface area contributed by atoms with Crippen LogP contribution in [0.15, 0.2) is 108 Å². The third kappa shape index (κ3) is 5.73. The summed E-state index contributed by atoms with van der Waals surface area (Å²) in [4.78, 5) is 44.3. The number of piperazine rings is 1. The van der Waals surface area contributed by atoms with E-state index < -0.39 is 29.1 Å². The molecule has 0 aliphatic carbocycles. The molecule has 0 radical (unpaired) electrons. The van der Waals surface area contributed by atoms with Gasteiger partial charge in [0.25, 0.3) is 11.5 Å². The molecule has 1 aliphatic rings. The van der Waals surface area contributed by atoms with Gasteiger partial charge < -0.3 is 4.90 Å². The number of pyridine rings is 1. The van der Waals surface area contributed by atoms with Gasteiger partial charge in [0.2, 0.25) is 0 Å². The molecule has 5 rings (SSSR count). The van der Waals surface area contributed by atoms with Crippen LogP contribution in [0.1, 0.15) is 39.1 Å². The Morgan fingerprint density at radius 1 is 0.744 bits per heavy atom. The van der Waals surface area contributed by atoms with Crippen molar-refractivity contribution in [1.82, 2.24) is 14.4 Å². The first-order valence-electron chi connectivity index (χ1n) is 13.0. The fourth-order valence-corrected chi connectivity index (χ4v) is 5.20. The molecule has 3 aromatic carbocycles. The second kappa shape index (κ2) is 11.6. The number of ketones is 1. The first-order chi connectivity index (χ1) is 18.9. The lowest BCUT2D eigenvalue weighted by Crippen LogP contribution is -2.53. The molecule has 0 bridgehead atoms. The van der Waals surface area contributed by atoms with Crippen LogP contribution < -0.4 is 5.56 Å². The van der Waals surface area contributed by atoms with E-state index in [0.29, 0.717) is 26.2 Å². The van der Waals surface area contributed by atoms with Gasteiger partial charge in [0.15, 0.2) is 11.8 Å². The van der Waals surface area contributed by atoms with Gasteiger partial charge in [0.05, 0.1) is 6.04 Å². The summed E-state index contributed by atoms with van der Waals surface area (Å²) in [7, 11) is 0. The highest BCUT2D eigenvalue weighted by Crippen LogP contribution is 2.30. The molecule has 0 unspecified atom stereocenters. The number of hydrogen-bond donors (Lipinski definition) is 0. The number of rotatable bonds is 7. The van der Waals surface area contributed by atoms with Crippen LogP contribution in [0.3, 0.4) is 0 Å². The Balaban J connectivity index is 1.41. The standard InChI is InChI=1S/C32H30FN3O3/c1-23-12-17-28(37)36(22-23)30(31(38)26-13-15-27(33)16-14-26)32(39)35-20-18-34(19-21-35)29(24-8-4-2-5-9-24)25-10-6-3-7-11-25/h2-17,22,29-30H,18-21H2,1H3/t30-/m0/s1. The topological polar surface area (TPSA) is 62.6 Å². The first kappa shape index (κ1) is 26.3. The van der Waals surface area contributed by atoms with E-state index in [1.807, 2.05) is 36.4 Å². The van der Waals surface area contributed by atoms with Crippen LogP contribution in [-0.4, -0.2) is 52.2 Å². The number of benzene rings is 3. The predicted molar refractivity (Wildman–Crippen MR) is 148 cm³/mol. The maximum atomic E-state index is 13.9. The van der Waals surface area contributed by atoms with Crippen molar-refractivity contribution in [1.29, 1.82) is 0 Å². The van der Waals surface area contributed by atoms with Crippen LogP contribution in [0.2, 0.25) is 0 Å². The maximum Gasteiger partial charge on any atom is 0.253 e. The second-order valence-electron chi connectivity index (χ2n) is 9.81. The summed E-state index contributed by atoms with van der Waals surface area (Å²) in [6.45, 7) is 3.80. The van der Waals surface area contributed by atoms with Crippen LogP contribution in [-0.2, 0) is 4.79 Å². The minimum Gasteiger partial charge on any atom is -0.338 e. The molecular formula is C32H30FN3O3. The zero-order valence-electron chi connectivity index (χ0n) is 21.7. The molecule has 1 saturated heterocycles. The van der Waals surface area contributed by atoms with Gasteiger partial charge in [-0.25, -0.2) is 4.39 Å². The van der Waals surface area contributed by atoms with E-state index in [-0.39, 0.29) is 11.6 Å². The normalized spacial score (nSPS) is 14.8. The van der Waals surface area contributed by atoms with E-state index in [1.54, 1.807) is 17.9 Å². The van der Waals surface area contributed by atoms with Crippen LogP contribution in [0.5, 0.6) is 0 Å². The monoisotopic (exact) mass is 523 g/mol. The maximum absolute atomic E-state index is 13.9. The lowest BCUT2D eigenvalue weighted by atomic mass is 9.96. The van der Waals surface area contributed by atoms with Gasteiger partial charge in [0.1, 0.15) is 5.82 Å². The van der Waals surface area contributed by atoms with Gasteiger partial charge in [-0.15, -0.1) is 0 Å². The quantitative estimate of drug-likeness (QED) is 0.261. The van der Waals surface area contributed by atoms with Crippen LogP contribution in [0.25, 0.3) is 0 Å². The molecule has 1 amide bonds. The van der Waals surface area contributed by atoms with Gasteiger partial charge in [0, 0.05) is 44.0 Å². The number of nitrogens with zero attached hydrogens (tertiary/aromatic N) is 3. The summed E-state index contributed by atoms with van der Waals surface area (Å²) >= 11 is 0. The van der Waals surface area contributed by atoms with Gasteiger partial charge >= 0.3 is 0 Å². The highest BCUT2D eigenvalue weighted by atomic mass is 19.1. The third-order valence-corrected chi connectivity index (χ3v) is 7.20. The van der Waals surface area contributed by atoms with Gasteiger partial charge in [-0.05, 0) is 47.9 Å². The molecule has 7 heteroatoms. The van der Waals surface area contributed by atoms with Crippen LogP contribution in [0.4, 0.5) is 4.39 Å². The highest BCUT2D eigenvalue weighted by molar-refractivity contribution is 6.11. The molecular weight excluding hydrogens is 493 g/mol. The zero-order valence-corrected chi connectivity index (χ0v) is 21.7. The van der Waals surface area contributed by atoms with Crippen molar-refractivity contribution in [2.75, 3.05) is 26.2 Å². The molecule has 39 heavy (non-hydrogen) atoms. The molecule has 0 N–H and O–H groups in total. The zero-order chi connectivity index (χ0) is 27.4. The molecule has 0 spiro atoms. The Kier molecular flexibility index (Phi) is 7.79. The minimum absolute atomic E-state index is 0.0284. The minimum atomic E-state index is -1.37. The summed E-state index contributed by atoms with van der Waals surface area (Å²) in [5.41, 5.74) is 2.81. The van der Waals surface area contributed by atoms with Crippen molar-refractivity contribution in [3.05, 3.63) is 142 Å². The van der Waals surface area contributed by atoms with E-state index in [9.17, 15) is 18.8 Å². The number of aryl methyl sites for hydroxylation is 1. The Morgan fingerprint density at radius 2 is 1.31 bits per heavy atom. The molecule has 0 saturated carbocycles. The van der Waals surface area contributed by atoms with Crippen LogP contribution in [0, 0.1) is 12.7 Å². The molecule has 1 aromatic heterocycles. The fraction of sp³-hybridized carbons (Fsp3) is 0.219. The summed E-state index contributed by atoms with van der Waals surface area (Å²) in [5.74, 6) is -1.46. The summed E-state index contributed by atoms with van der Waals surface area (Å²) in [5, 5.41) is 0. The van der Waals surface area contributed by atoms with Crippen molar-refractivity contribution in [2.24, 2.45) is 0 Å². The summed E-state index contributed by atoms with van der Waals surface area (Å²) in [6.07, 6.45) is 1.53. The number of aromatic nitrogens is 1. The number of hydrogen-bond acceptors (Lipinski definition) is 4. The van der Waals surface area contributed by atoms with E-state index >= 15 is 0 Å². The van der Waals surface area contributed by atoms with E-state index in [0.717, 1.165) is 5.56 Å². The average Bonchev–Trinajstić information content (AvgIpc) is 2.97. The van der Waals surface area contributed by atoms with Crippen molar-refractivity contribution in [3.8, 4) is 0 Å². The molecule has 1 atom stereocenters. The van der Waals surface area contributed by atoms with Gasteiger partial charge in [-0.2, -0.15) is 0 Å². The van der Waals surface area contributed by atoms with Crippen LogP contribution >= 0.6 is 0 Å². The number of carbonyl (C=O) groups excluding carboxylic acids is 2. The summed E-state index contributed by atoms with van der Waals surface area (Å²) in [6, 6.07) is 27.2. The van der Waals surface area contributed by atoms with Gasteiger partial charge in [-0.1, -0.05) is 66.7 Å². The molecule has 6 nitrogen and oxygen atoms in total. The summed E-state index contributed by atoms with van der Waals surface area (Å²) < 4.78 is 14.7. The Labute approximate surface area is 226 Å². The molecule has 1 fully saturated rings. The SMILES string of the molecule is Cc1ccc(=O)n([C@@H](C(=O)c2ccc(F)cc2)C(=O)N2CCN(C(c3ccccc3)c3ccccc3)CC2)c1. The molecule has 2 heterocycles. The number of carbonyl (C=O) groups is 2. The Morgan fingerprint density at radius 3 is 1.87 bits per heavy atom. The largest absolute Gasteiger partial charge is 0.338 e. The molecule has 4 aromatic rings. The fourth-order valence-electron chi connectivity index (χ4n) is 5.20. The van der Waals surface area contributed by atoms with E-state index in [4.69, 9.17) is 0 Å². The smallest absolute Gasteiger partial charge is 0.253 e. The van der Waals surface area contributed by atoms with Crippen molar-refractivity contribution < 1.29 is 14.0 Å². The lowest BCUT2D eigenvalue weighted by Gasteiger charge is -2.40. The molecule has 1 aliphatic heterocycles. The Hall–Kier alpha value is -4.36. The number of Topliss-reactive ketones (excluding diaryl/α,β-unsaturated/α-hetero) is 1. The van der Waals surface area contributed by atoms with Crippen molar-refractivity contribution >= 4 is 11.7 Å². The number of amides is 1. The van der Waals surface area contributed by atoms with Crippen molar-refractivity contribution in [3.63, 3.8) is 0 Å². The average molecular weight is 524 g/mol. The highest BCUT2D eigenvalue weighted by Gasteiger charge is 2.36. The Bertz CT molecular complexity index is 1460. The van der Waals surface area contributed by atoms with Gasteiger partial charge in [-0.3, -0.25) is 23.9 Å². The predicted octanol–water partition coefficient (Wildman–Crippen LogP) is 4.65.